The highest BCUT2D eigenvalue weighted by Crippen LogP contribution is 2.29. The van der Waals surface area contributed by atoms with E-state index in [1.165, 1.54) is 4.90 Å². The normalized spacial score (nSPS) is 24.0. The molecule has 2 bridgehead atoms. The molecule has 0 aromatic heterocycles. The number of amides is 3. The van der Waals surface area contributed by atoms with Crippen LogP contribution in [0.1, 0.15) is 27.7 Å². The van der Waals surface area contributed by atoms with Crippen LogP contribution in [0.5, 0.6) is 0 Å². The van der Waals surface area contributed by atoms with Crippen molar-refractivity contribution >= 4 is 18.1 Å². The van der Waals surface area contributed by atoms with Gasteiger partial charge in [-0.2, -0.15) is 5.06 Å². The molecule has 0 aromatic carbocycles. The van der Waals surface area contributed by atoms with Gasteiger partial charge in [0.1, 0.15) is 5.60 Å². The summed E-state index contributed by atoms with van der Waals surface area (Å²) in [5.74, 6) is -1.81. The van der Waals surface area contributed by atoms with Crippen molar-refractivity contribution in [2.24, 2.45) is 0 Å². The molecule has 2 rings (SSSR count). The maximum atomic E-state index is 13.3. The lowest BCUT2D eigenvalue weighted by Gasteiger charge is -2.30. The first kappa shape index (κ1) is 19.0. The Balaban J connectivity index is 2.01. The number of hydrogen-bond acceptors (Lipinski definition) is 5. The standard InChI is InChI=1S/C15H22FN3O6/c1-8-5-9-7-18(14(23)19(9)25-11(16)12(20)21)10(8)6-17-13(22)24-15(2,3)4/h5,9-11H,6-7H2,1-4H3,(H,17,22)(H,20,21)/t9-,10+,11+/m0/s1. The number of nitrogens with one attached hydrogen (secondary N) is 1. The van der Waals surface area contributed by atoms with E-state index in [1.807, 2.05) is 0 Å². The molecule has 2 heterocycles. The van der Waals surface area contributed by atoms with Crippen LogP contribution in [0.2, 0.25) is 0 Å². The van der Waals surface area contributed by atoms with Gasteiger partial charge in [0.25, 0.3) is 0 Å². The molecule has 0 unspecified atom stereocenters. The molecule has 1 saturated heterocycles. The Labute approximate surface area is 144 Å². The largest absolute Gasteiger partial charge is 0.477 e. The minimum absolute atomic E-state index is 0.113. The number of carbonyl (C=O) groups excluding carboxylic acids is 2. The number of alkyl halides is 1. The molecule has 0 aromatic rings. The van der Waals surface area contributed by atoms with Gasteiger partial charge < -0.3 is 20.1 Å². The summed E-state index contributed by atoms with van der Waals surface area (Å²) in [5.41, 5.74) is 0.130. The number of hydroxylamine groups is 2. The van der Waals surface area contributed by atoms with Crippen molar-refractivity contribution in [1.82, 2.24) is 15.3 Å². The van der Waals surface area contributed by atoms with E-state index in [1.54, 1.807) is 33.8 Å². The summed E-state index contributed by atoms with van der Waals surface area (Å²) in [4.78, 5) is 40.7. The first-order valence-electron chi connectivity index (χ1n) is 7.78. The number of halogens is 1. The number of urea groups is 1. The second-order valence-electron chi connectivity index (χ2n) is 6.90. The van der Waals surface area contributed by atoms with Gasteiger partial charge in [-0.1, -0.05) is 11.6 Å². The van der Waals surface area contributed by atoms with Crippen LogP contribution < -0.4 is 5.32 Å². The lowest BCUT2D eigenvalue weighted by atomic mass is 10.0. The molecule has 0 saturated carbocycles. The van der Waals surface area contributed by atoms with E-state index in [9.17, 15) is 18.8 Å². The number of alkyl carbamates (subject to hydrolysis) is 1. The third-order valence-corrected chi connectivity index (χ3v) is 3.72. The molecule has 0 aliphatic carbocycles. The molecule has 9 nitrogen and oxygen atoms in total. The number of aliphatic carboxylic acids is 1. The van der Waals surface area contributed by atoms with Gasteiger partial charge in [-0.25, -0.2) is 23.6 Å². The Kier molecular flexibility index (Phi) is 5.21. The Morgan fingerprint density at radius 1 is 1.48 bits per heavy atom. The summed E-state index contributed by atoms with van der Waals surface area (Å²) in [6, 6.07) is -1.69. The number of hydrogen-bond donors (Lipinski definition) is 2. The van der Waals surface area contributed by atoms with Crippen LogP contribution in [0.15, 0.2) is 11.6 Å². The van der Waals surface area contributed by atoms with Crippen LogP contribution in [0.25, 0.3) is 0 Å². The summed E-state index contributed by atoms with van der Waals surface area (Å²) in [7, 11) is 0. The monoisotopic (exact) mass is 359 g/mol. The van der Waals surface area contributed by atoms with Crippen LogP contribution in [0, 0.1) is 0 Å². The van der Waals surface area contributed by atoms with Gasteiger partial charge in [-0.05, 0) is 27.7 Å². The van der Waals surface area contributed by atoms with Gasteiger partial charge >= 0.3 is 24.5 Å². The van der Waals surface area contributed by atoms with E-state index >= 15 is 0 Å². The average Bonchev–Trinajstić information content (AvgIpc) is 2.70. The van der Waals surface area contributed by atoms with Crippen molar-refractivity contribution in [1.29, 1.82) is 0 Å². The van der Waals surface area contributed by atoms with Gasteiger partial charge in [0, 0.05) is 13.1 Å². The average molecular weight is 359 g/mol. The number of ether oxygens (including phenoxy) is 1. The fraction of sp³-hybridized carbons (Fsp3) is 0.667. The van der Waals surface area contributed by atoms with Crippen molar-refractivity contribution in [3.05, 3.63) is 11.6 Å². The van der Waals surface area contributed by atoms with Crippen LogP contribution >= 0.6 is 0 Å². The quantitative estimate of drug-likeness (QED) is 0.716. The molecule has 1 fully saturated rings. The molecule has 25 heavy (non-hydrogen) atoms. The molecule has 3 atom stereocenters. The Bertz CT molecular complexity index is 603. The van der Waals surface area contributed by atoms with Crippen LogP contribution in [0.3, 0.4) is 0 Å². The van der Waals surface area contributed by atoms with Crippen molar-refractivity contribution in [3.8, 4) is 0 Å². The summed E-state index contributed by atoms with van der Waals surface area (Å²) >= 11 is 0. The van der Waals surface area contributed by atoms with Crippen LogP contribution in [-0.2, 0) is 14.4 Å². The molecule has 2 aliphatic rings. The van der Waals surface area contributed by atoms with E-state index in [0.29, 0.717) is 0 Å². The lowest BCUT2D eigenvalue weighted by molar-refractivity contribution is -0.219. The van der Waals surface area contributed by atoms with Crippen molar-refractivity contribution in [3.63, 3.8) is 0 Å². The van der Waals surface area contributed by atoms with E-state index in [4.69, 9.17) is 9.84 Å². The molecule has 140 valence electrons. The highest BCUT2D eigenvalue weighted by Gasteiger charge is 2.46. The predicted molar refractivity (Wildman–Crippen MR) is 83.1 cm³/mol. The second kappa shape index (κ2) is 6.87. The highest BCUT2D eigenvalue weighted by molar-refractivity contribution is 5.79. The topological polar surface area (TPSA) is 108 Å². The van der Waals surface area contributed by atoms with E-state index in [0.717, 1.165) is 10.6 Å². The molecule has 2 aliphatic heterocycles. The number of carboxylic acid groups (broad SMARTS) is 1. The fourth-order valence-electron chi connectivity index (χ4n) is 2.70. The summed E-state index contributed by atoms with van der Waals surface area (Å²) in [6.45, 7) is 7.29. The third-order valence-electron chi connectivity index (χ3n) is 3.72. The zero-order valence-corrected chi connectivity index (χ0v) is 14.5. The highest BCUT2D eigenvalue weighted by atomic mass is 19.1. The number of carboxylic acids is 1. The molecule has 0 radical (unpaired) electrons. The molecule has 0 spiro atoms. The van der Waals surface area contributed by atoms with Crippen molar-refractivity contribution in [2.45, 2.75) is 51.7 Å². The van der Waals surface area contributed by atoms with Gasteiger partial charge in [0.2, 0.25) is 0 Å². The summed E-state index contributed by atoms with van der Waals surface area (Å²) < 4.78 is 18.4. The molecule has 10 heteroatoms. The van der Waals surface area contributed by atoms with Gasteiger partial charge in [-0.15, -0.1) is 0 Å². The third kappa shape index (κ3) is 4.38. The van der Waals surface area contributed by atoms with Crippen molar-refractivity contribution in [2.75, 3.05) is 13.1 Å². The Morgan fingerprint density at radius 2 is 2.12 bits per heavy atom. The Morgan fingerprint density at radius 3 is 2.68 bits per heavy atom. The maximum Gasteiger partial charge on any atom is 0.407 e. The maximum absolute atomic E-state index is 13.3. The number of fused-ring (bicyclic) bond motifs is 2. The van der Waals surface area contributed by atoms with Gasteiger partial charge in [0.05, 0.1) is 12.1 Å². The molecule has 3 amide bonds. The minimum atomic E-state index is -2.63. The lowest BCUT2D eigenvalue weighted by Crippen LogP contribution is -2.48. The summed E-state index contributed by atoms with van der Waals surface area (Å²) in [5, 5.41) is 11.9. The molecular weight excluding hydrogens is 337 g/mol. The number of carbonyl (C=O) groups is 3. The Hall–Kier alpha value is -2.36. The van der Waals surface area contributed by atoms with E-state index in [-0.39, 0.29) is 13.1 Å². The van der Waals surface area contributed by atoms with Crippen LogP contribution in [-0.4, -0.2) is 70.3 Å². The zero-order valence-electron chi connectivity index (χ0n) is 14.5. The van der Waals surface area contributed by atoms with Crippen molar-refractivity contribution < 1.29 is 33.5 Å². The van der Waals surface area contributed by atoms with E-state index < -0.39 is 42.1 Å². The fourth-order valence-corrected chi connectivity index (χ4v) is 2.70. The van der Waals surface area contributed by atoms with Gasteiger partial charge in [-0.3, -0.25) is 0 Å². The smallest absolute Gasteiger partial charge is 0.407 e. The number of rotatable bonds is 5. The number of nitrogens with zero attached hydrogens (tertiary/aromatic N) is 2. The SMILES string of the molecule is CC1=C[C@H]2CN(C(=O)N2O[C@@H](F)C(=O)O)[C@@H]1CNC(=O)OC(C)(C)C. The minimum Gasteiger partial charge on any atom is -0.477 e. The molecule has 2 N–H and O–H groups in total. The predicted octanol–water partition coefficient (Wildman–Crippen LogP) is 1.26. The molecular formula is C15H22FN3O6. The first-order chi connectivity index (χ1) is 11.5. The van der Waals surface area contributed by atoms with E-state index in [2.05, 4.69) is 10.2 Å². The second-order valence-corrected chi connectivity index (χ2v) is 6.90. The van der Waals surface area contributed by atoms with Gasteiger partial charge in [0.15, 0.2) is 0 Å². The first-order valence-corrected chi connectivity index (χ1v) is 7.78. The zero-order chi connectivity index (χ0) is 18.9. The summed E-state index contributed by atoms with van der Waals surface area (Å²) in [6.07, 6.45) is -1.55. The van der Waals surface area contributed by atoms with Crippen LogP contribution in [0.4, 0.5) is 14.0 Å².